The summed E-state index contributed by atoms with van der Waals surface area (Å²) in [6.07, 6.45) is 76.1. The summed E-state index contributed by atoms with van der Waals surface area (Å²) in [5.74, 6) is -0.970. The van der Waals surface area contributed by atoms with Crippen LogP contribution in [0.15, 0.2) is 122 Å². The Morgan fingerprint density at radius 1 is 0.309 bits per heavy atom. The van der Waals surface area contributed by atoms with Crippen LogP contribution in [0.2, 0.25) is 0 Å². The lowest BCUT2D eigenvalue weighted by molar-refractivity contribution is -0.167. The molecule has 0 radical (unpaired) electrons. The summed E-state index contributed by atoms with van der Waals surface area (Å²) in [6, 6.07) is 0. The van der Waals surface area contributed by atoms with E-state index >= 15 is 0 Å². The number of unbranched alkanes of at least 4 members (excludes halogenated alkanes) is 25. The first kappa shape index (κ1) is 63.8. The molecule has 0 saturated carbocycles. The molecule has 0 aliphatic heterocycles. The van der Waals surface area contributed by atoms with E-state index in [4.69, 9.17) is 14.2 Å². The van der Waals surface area contributed by atoms with Gasteiger partial charge in [-0.25, -0.2) is 0 Å². The third-order valence-electron chi connectivity index (χ3n) is 11.5. The molecule has 0 saturated heterocycles. The van der Waals surface area contributed by atoms with Crippen molar-refractivity contribution in [2.75, 3.05) is 13.2 Å². The highest BCUT2D eigenvalue weighted by Crippen LogP contribution is 2.16. The van der Waals surface area contributed by atoms with E-state index in [-0.39, 0.29) is 31.1 Å². The average Bonchev–Trinajstić information content (AvgIpc) is 3.34. The van der Waals surface area contributed by atoms with Gasteiger partial charge in [0.05, 0.1) is 0 Å². The predicted octanol–water partition coefficient (Wildman–Crippen LogP) is 18.5. The van der Waals surface area contributed by atoms with E-state index < -0.39 is 6.10 Å². The molecule has 6 nitrogen and oxygen atoms in total. The molecule has 0 aromatic rings. The summed E-state index contributed by atoms with van der Waals surface area (Å²) in [6.45, 7) is 6.31. The van der Waals surface area contributed by atoms with E-state index in [0.29, 0.717) is 19.3 Å². The Balaban J connectivity index is 4.50. The van der Waals surface area contributed by atoms with Gasteiger partial charge in [0.15, 0.2) is 6.10 Å². The quantitative estimate of drug-likeness (QED) is 0.0262. The topological polar surface area (TPSA) is 78.9 Å². The summed E-state index contributed by atoms with van der Waals surface area (Å²) in [4.78, 5) is 38.1. The zero-order chi connectivity index (χ0) is 49.3. The standard InChI is InChI=1S/C62H100O6/c1-4-7-10-13-16-19-22-25-27-29-31-33-34-37-40-43-46-49-52-55-61(64)67-58-59(57-66-60(63)54-51-48-45-42-39-36-24-21-18-15-12-9-6-3)68-62(65)56-53-50-47-44-41-38-35-32-30-28-26-23-20-17-14-11-8-5-2/h7,9-10,12-13,15-16,18-19,21-22,24-25,27,29,31,33-34,37,40,59H,4-6,8,11,14,17,20,23,26,28,30,32,35-36,38-39,41-58H2,1-3H3/b10-7+,12-9+,16-13+,18-15+,22-19+,24-21+,27-25+,31-29+,34-33+,40-37+. The van der Waals surface area contributed by atoms with Gasteiger partial charge >= 0.3 is 17.9 Å². The number of hydrogen-bond acceptors (Lipinski definition) is 6. The van der Waals surface area contributed by atoms with Gasteiger partial charge in [-0.3, -0.25) is 14.4 Å². The van der Waals surface area contributed by atoms with Crippen LogP contribution in [0.4, 0.5) is 0 Å². The van der Waals surface area contributed by atoms with Crippen molar-refractivity contribution in [3.63, 3.8) is 0 Å². The molecule has 0 aliphatic carbocycles. The van der Waals surface area contributed by atoms with Gasteiger partial charge in [0, 0.05) is 19.3 Å². The van der Waals surface area contributed by atoms with Crippen molar-refractivity contribution in [3.05, 3.63) is 122 Å². The Hall–Kier alpha value is -4.19. The first-order chi connectivity index (χ1) is 33.5. The highest BCUT2D eigenvalue weighted by Gasteiger charge is 2.19. The van der Waals surface area contributed by atoms with Crippen LogP contribution in [0.25, 0.3) is 0 Å². The van der Waals surface area contributed by atoms with Crippen LogP contribution in [0, 0.1) is 0 Å². The number of hydrogen-bond donors (Lipinski definition) is 0. The van der Waals surface area contributed by atoms with Crippen LogP contribution in [-0.4, -0.2) is 37.2 Å². The second-order valence-electron chi connectivity index (χ2n) is 18.0. The van der Waals surface area contributed by atoms with Crippen LogP contribution in [0.5, 0.6) is 0 Å². The van der Waals surface area contributed by atoms with Crippen molar-refractivity contribution in [2.24, 2.45) is 0 Å². The van der Waals surface area contributed by atoms with Crippen LogP contribution in [0.1, 0.15) is 233 Å². The Morgan fingerprint density at radius 3 is 0.912 bits per heavy atom. The van der Waals surface area contributed by atoms with Gasteiger partial charge < -0.3 is 14.2 Å². The maximum Gasteiger partial charge on any atom is 0.306 e. The molecule has 1 atom stereocenters. The molecule has 6 heteroatoms. The third-order valence-corrected chi connectivity index (χ3v) is 11.5. The van der Waals surface area contributed by atoms with Crippen molar-refractivity contribution in [1.29, 1.82) is 0 Å². The number of carbonyl (C=O) groups is 3. The molecule has 1 unspecified atom stereocenters. The largest absolute Gasteiger partial charge is 0.462 e. The molecule has 0 rings (SSSR count). The number of ether oxygens (including phenoxy) is 3. The molecule has 0 N–H and O–H groups in total. The summed E-state index contributed by atoms with van der Waals surface area (Å²) in [7, 11) is 0. The molecule has 0 aliphatic rings. The van der Waals surface area contributed by atoms with E-state index in [9.17, 15) is 14.4 Å². The molecule has 68 heavy (non-hydrogen) atoms. The zero-order valence-electron chi connectivity index (χ0n) is 43.8. The van der Waals surface area contributed by atoms with Gasteiger partial charge in [0.25, 0.3) is 0 Å². The van der Waals surface area contributed by atoms with Crippen LogP contribution in [-0.2, 0) is 28.6 Å². The Labute approximate surface area is 418 Å². The molecule has 0 aromatic carbocycles. The minimum absolute atomic E-state index is 0.105. The average molecular weight is 941 g/mol. The van der Waals surface area contributed by atoms with E-state index in [2.05, 4.69) is 69.4 Å². The van der Waals surface area contributed by atoms with Crippen LogP contribution >= 0.6 is 0 Å². The summed E-state index contributed by atoms with van der Waals surface area (Å²) in [5, 5.41) is 0. The maximum absolute atomic E-state index is 12.8. The lowest BCUT2D eigenvalue weighted by Gasteiger charge is -2.18. The highest BCUT2D eigenvalue weighted by molar-refractivity contribution is 5.71. The fourth-order valence-corrected chi connectivity index (χ4v) is 7.37. The fourth-order valence-electron chi connectivity index (χ4n) is 7.37. The van der Waals surface area contributed by atoms with E-state index in [1.807, 2.05) is 72.9 Å². The fraction of sp³-hybridized carbons (Fsp3) is 0.629. The molecule has 0 fully saturated rings. The van der Waals surface area contributed by atoms with Gasteiger partial charge in [0.1, 0.15) is 13.2 Å². The van der Waals surface area contributed by atoms with Crippen molar-refractivity contribution in [2.45, 2.75) is 239 Å². The van der Waals surface area contributed by atoms with Crippen molar-refractivity contribution in [1.82, 2.24) is 0 Å². The molecule has 0 aromatic heterocycles. The van der Waals surface area contributed by atoms with Gasteiger partial charge in [-0.1, -0.05) is 277 Å². The molecule has 0 heterocycles. The van der Waals surface area contributed by atoms with Gasteiger partial charge in [-0.15, -0.1) is 0 Å². The smallest absolute Gasteiger partial charge is 0.306 e. The molecular weight excluding hydrogens is 841 g/mol. The lowest BCUT2D eigenvalue weighted by Crippen LogP contribution is -2.30. The Bertz CT molecular complexity index is 1450. The number of allylic oxidation sites excluding steroid dienone is 20. The monoisotopic (exact) mass is 941 g/mol. The predicted molar refractivity (Wildman–Crippen MR) is 293 cm³/mol. The van der Waals surface area contributed by atoms with Crippen molar-refractivity contribution >= 4 is 17.9 Å². The van der Waals surface area contributed by atoms with Gasteiger partial charge in [0.2, 0.25) is 0 Å². The number of esters is 3. The summed E-state index contributed by atoms with van der Waals surface area (Å²) < 4.78 is 16.8. The summed E-state index contributed by atoms with van der Waals surface area (Å²) in [5.41, 5.74) is 0. The summed E-state index contributed by atoms with van der Waals surface area (Å²) >= 11 is 0. The molecule has 0 spiro atoms. The van der Waals surface area contributed by atoms with Crippen molar-refractivity contribution < 1.29 is 28.6 Å². The van der Waals surface area contributed by atoms with Gasteiger partial charge in [-0.2, -0.15) is 0 Å². The molecule has 0 bridgehead atoms. The minimum Gasteiger partial charge on any atom is -0.462 e. The highest BCUT2D eigenvalue weighted by atomic mass is 16.6. The Morgan fingerprint density at radius 2 is 0.574 bits per heavy atom. The molecule has 384 valence electrons. The van der Waals surface area contributed by atoms with E-state index in [1.165, 1.54) is 96.3 Å². The molecule has 0 amide bonds. The van der Waals surface area contributed by atoms with Crippen molar-refractivity contribution in [3.8, 4) is 0 Å². The number of carbonyl (C=O) groups excluding carboxylic acids is 3. The SMILES string of the molecule is CC/C=C/C=C/C=C/C=C/C=C/C=C/C=C/CCCCCC(=O)OCC(COC(=O)CCCCCCC/C=C/C=C/C=C/CC)OC(=O)CCCCCCCCCCCCCCCCCCCC. The van der Waals surface area contributed by atoms with Gasteiger partial charge in [-0.05, 0) is 57.8 Å². The van der Waals surface area contributed by atoms with Crippen LogP contribution in [0.3, 0.4) is 0 Å². The number of rotatable bonds is 48. The minimum atomic E-state index is -0.808. The maximum atomic E-state index is 12.8. The first-order valence-corrected chi connectivity index (χ1v) is 27.7. The second-order valence-corrected chi connectivity index (χ2v) is 18.0. The Kier molecular flexibility index (Phi) is 52.0. The second kappa shape index (κ2) is 55.4. The van der Waals surface area contributed by atoms with Crippen LogP contribution < -0.4 is 0 Å². The first-order valence-electron chi connectivity index (χ1n) is 27.7. The zero-order valence-corrected chi connectivity index (χ0v) is 43.8. The third kappa shape index (κ3) is 52.8. The lowest BCUT2D eigenvalue weighted by atomic mass is 10.0. The normalized spacial score (nSPS) is 13.0. The van der Waals surface area contributed by atoms with E-state index in [1.54, 1.807) is 0 Å². The van der Waals surface area contributed by atoms with E-state index in [0.717, 1.165) is 96.3 Å². The molecular formula is C62H100O6.